The number of carbonyl (C=O) groups excluding carboxylic acids is 1. The molecule has 0 aliphatic carbocycles. The third-order valence-electron chi connectivity index (χ3n) is 2.52. The predicted molar refractivity (Wildman–Crippen MR) is 66.2 cm³/mol. The quantitative estimate of drug-likeness (QED) is 0.788. The monoisotopic (exact) mass is 233 g/mol. The van der Waals surface area contributed by atoms with Gasteiger partial charge in [0.1, 0.15) is 0 Å². The highest BCUT2D eigenvalue weighted by molar-refractivity contribution is 6.04. The van der Waals surface area contributed by atoms with Crippen molar-refractivity contribution in [1.29, 1.82) is 0 Å². The number of amides is 1. The fourth-order valence-electron chi connectivity index (χ4n) is 1.24. The van der Waals surface area contributed by atoms with Crippen LogP contribution in [0, 0.1) is 6.92 Å². The lowest BCUT2D eigenvalue weighted by Crippen LogP contribution is -2.14. The molecule has 0 radical (unpaired) electrons. The lowest BCUT2D eigenvalue weighted by molar-refractivity contribution is -0.112. The zero-order chi connectivity index (χ0) is 13.0. The van der Waals surface area contributed by atoms with Crippen LogP contribution in [-0.2, 0) is 4.79 Å². The summed E-state index contributed by atoms with van der Waals surface area (Å²) in [4.78, 5) is 22.5. The van der Waals surface area contributed by atoms with Crippen LogP contribution in [0.4, 0.5) is 5.69 Å². The van der Waals surface area contributed by atoms with Crippen molar-refractivity contribution in [2.75, 3.05) is 5.32 Å². The highest BCUT2D eigenvalue weighted by Gasteiger charge is 2.09. The average Bonchev–Trinajstić information content (AvgIpc) is 2.30. The summed E-state index contributed by atoms with van der Waals surface area (Å²) in [5, 5.41) is 11.6. The lowest BCUT2D eigenvalue weighted by Gasteiger charge is -2.09. The molecule has 4 nitrogen and oxygen atoms in total. The van der Waals surface area contributed by atoms with Crippen LogP contribution >= 0.6 is 0 Å². The summed E-state index contributed by atoms with van der Waals surface area (Å²) in [5.74, 6) is -1.23. The number of carboxylic acids is 1. The first kappa shape index (κ1) is 13.0. The van der Waals surface area contributed by atoms with Gasteiger partial charge >= 0.3 is 5.97 Å². The third kappa shape index (κ3) is 3.17. The molecule has 0 spiro atoms. The van der Waals surface area contributed by atoms with Gasteiger partial charge in [-0.15, -0.1) is 0 Å². The molecule has 0 fully saturated rings. The Bertz CT molecular complexity index is 489. The van der Waals surface area contributed by atoms with Crippen LogP contribution in [0.1, 0.15) is 29.8 Å². The second kappa shape index (κ2) is 5.30. The largest absolute Gasteiger partial charge is 0.478 e. The molecular formula is C13H15NO3. The van der Waals surface area contributed by atoms with E-state index in [-0.39, 0.29) is 11.5 Å². The maximum atomic E-state index is 11.7. The van der Waals surface area contributed by atoms with Crippen LogP contribution < -0.4 is 5.32 Å². The van der Waals surface area contributed by atoms with Crippen LogP contribution in [-0.4, -0.2) is 17.0 Å². The average molecular weight is 233 g/mol. The predicted octanol–water partition coefficient (Wildman–Crippen LogP) is 2.60. The Hall–Kier alpha value is -2.10. The molecule has 0 unspecified atom stereocenters. The Kier molecular flexibility index (Phi) is 4.04. The van der Waals surface area contributed by atoms with E-state index >= 15 is 0 Å². The minimum Gasteiger partial charge on any atom is -0.478 e. The van der Waals surface area contributed by atoms with Crippen molar-refractivity contribution in [3.8, 4) is 0 Å². The van der Waals surface area contributed by atoms with E-state index in [9.17, 15) is 9.59 Å². The molecule has 1 amide bonds. The van der Waals surface area contributed by atoms with Crippen LogP contribution in [0.2, 0.25) is 0 Å². The van der Waals surface area contributed by atoms with Crippen molar-refractivity contribution < 1.29 is 14.7 Å². The van der Waals surface area contributed by atoms with Crippen LogP contribution in [0.3, 0.4) is 0 Å². The highest BCUT2D eigenvalue weighted by Crippen LogP contribution is 2.17. The van der Waals surface area contributed by atoms with Crippen molar-refractivity contribution >= 4 is 17.6 Å². The van der Waals surface area contributed by atoms with Gasteiger partial charge < -0.3 is 10.4 Å². The van der Waals surface area contributed by atoms with E-state index < -0.39 is 5.97 Å². The number of aromatic carboxylic acids is 1. The first-order valence-electron chi connectivity index (χ1n) is 5.24. The Morgan fingerprint density at radius 2 is 2.00 bits per heavy atom. The zero-order valence-electron chi connectivity index (χ0n) is 10.1. The second-order valence-electron chi connectivity index (χ2n) is 3.76. The standard InChI is InChI=1S/C13H15NO3/c1-4-8(2)12(15)14-11-7-10(13(16)17)6-5-9(11)3/h4-7H,1-3H3,(H,14,15)(H,16,17)/b8-4-. The molecule has 90 valence electrons. The molecule has 0 saturated heterocycles. The molecule has 0 aliphatic heterocycles. The molecule has 1 aromatic rings. The maximum Gasteiger partial charge on any atom is 0.335 e. The topological polar surface area (TPSA) is 66.4 Å². The molecule has 0 aliphatic rings. The molecular weight excluding hydrogens is 218 g/mol. The molecule has 0 bridgehead atoms. The Labute approximate surface area is 100.0 Å². The number of hydrogen-bond donors (Lipinski definition) is 2. The van der Waals surface area contributed by atoms with Gasteiger partial charge in [-0.2, -0.15) is 0 Å². The van der Waals surface area contributed by atoms with Gasteiger partial charge in [0, 0.05) is 11.3 Å². The van der Waals surface area contributed by atoms with Gasteiger partial charge in [-0.3, -0.25) is 4.79 Å². The number of hydrogen-bond acceptors (Lipinski definition) is 2. The Balaban J connectivity index is 3.02. The van der Waals surface area contributed by atoms with Crippen molar-refractivity contribution in [3.63, 3.8) is 0 Å². The SMILES string of the molecule is C/C=C(/C)C(=O)Nc1cc(C(=O)O)ccc1C. The van der Waals surface area contributed by atoms with E-state index in [2.05, 4.69) is 5.32 Å². The third-order valence-corrected chi connectivity index (χ3v) is 2.52. The number of carboxylic acid groups (broad SMARTS) is 1. The van der Waals surface area contributed by atoms with E-state index in [4.69, 9.17) is 5.11 Å². The van der Waals surface area contributed by atoms with Gasteiger partial charge in [0.05, 0.1) is 5.56 Å². The van der Waals surface area contributed by atoms with Gasteiger partial charge in [-0.25, -0.2) is 4.79 Å². The molecule has 1 rings (SSSR count). The summed E-state index contributed by atoms with van der Waals surface area (Å²) in [6.07, 6.45) is 1.70. The van der Waals surface area contributed by atoms with Crippen molar-refractivity contribution in [3.05, 3.63) is 41.0 Å². The number of allylic oxidation sites excluding steroid dienone is 1. The van der Waals surface area contributed by atoms with Gasteiger partial charge in [-0.05, 0) is 38.5 Å². The molecule has 0 atom stereocenters. The number of rotatable bonds is 3. The molecule has 0 heterocycles. The number of carbonyl (C=O) groups is 2. The van der Waals surface area contributed by atoms with Crippen LogP contribution in [0.25, 0.3) is 0 Å². The number of aryl methyl sites for hydroxylation is 1. The first-order chi connectivity index (χ1) is 7.95. The molecule has 17 heavy (non-hydrogen) atoms. The summed E-state index contributed by atoms with van der Waals surface area (Å²) in [7, 11) is 0. The summed E-state index contributed by atoms with van der Waals surface area (Å²) in [6, 6.07) is 4.64. The molecule has 0 aromatic heterocycles. The Morgan fingerprint density at radius 1 is 1.35 bits per heavy atom. The fourth-order valence-corrected chi connectivity index (χ4v) is 1.24. The van der Waals surface area contributed by atoms with Crippen molar-refractivity contribution in [2.45, 2.75) is 20.8 Å². The highest BCUT2D eigenvalue weighted by atomic mass is 16.4. The van der Waals surface area contributed by atoms with E-state index in [1.165, 1.54) is 12.1 Å². The minimum absolute atomic E-state index is 0.157. The number of nitrogens with one attached hydrogen (secondary N) is 1. The summed E-state index contributed by atoms with van der Waals surface area (Å²) in [6.45, 7) is 5.29. The fraction of sp³-hybridized carbons (Fsp3) is 0.231. The van der Waals surface area contributed by atoms with E-state index in [1.54, 1.807) is 26.0 Å². The second-order valence-corrected chi connectivity index (χ2v) is 3.76. The van der Waals surface area contributed by atoms with Gasteiger partial charge in [-0.1, -0.05) is 12.1 Å². The Morgan fingerprint density at radius 3 is 2.53 bits per heavy atom. The van der Waals surface area contributed by atoms with Gasteiger partial charge in [0.2, 0.25) is 0 Å². The molecule has 2 N–H and O–H groups in total. The van der Waals surface area contributed by atoms with Crippen molar-refractivity contribution in [2.24, 2.45) is 0 Å². The lowest BCUT2D eigenvalue weighted by atomic mass is 10.1. The maximum absolute atomic E-state index is 11.7. The normalized spacial score (nSPS) is 11.1. The zero-order valence-corrected chi connectivity index (χ0v) is 10.1. The van der Waals surface area contributed by atoms with Crippen molar-refractivity contribution in [1.82, 2.24) is 0 Å². The van der Waals surface area contributed by atoms with E-state index in [0.717, 1.165) is 5.56 Å². The minimum atomic E-state index is -1.01. The summed E-state index contributed by atoms with van der Waals surface area (Å²) < 4.78 is 0. The first-order valence-corrected chi connectivity index (χ1v) is 5.24. The molecule has 0 saturated carbocycles. The molecule has 4 heteroatoms. The summed E-state index contributed by atoms with van der Waals surface area (Å²) in [5.41, 5.74) is 2.09. The van der Waals surface area contributed by atoms with Crippen LogP contribution in [0.15, 0.2) is 29.8 Å². The van der Waals surface area contributed by atoms with Crippen LogP contribution in [0.5, 0.6) is 0 Å². The number of anilines is 1. The number of benzene rings is 1. The van der Waals surface area contributed by atoms with E-state index in [1.807, 2.05) is 6.92 Å². The van der Waals surface area contributed by atoms with Gasteiger partial charge in [0.15, 0.2) is 0 Å². The van der Waals surface area contributed by atoms with Gasteiger partial charge in [0.25, 0.3) is 5.91 Å². The summed E-state index contributed by atoms with van der Waals surface area (Å²) >= 11 is 0. The van der Waals surface area contributed by atoms with E-state index in [0.29, 0.717) is 11.3 Å². The smallest absolute Gasteiger partial charge is 0.335 e. The molecule has 1 aromatic carbocycles.